The lowest BCUT2D eigenvalue weighted by molar-refractivity contribution is -0.115. The van der Waals surface area contributed by atoms with Gasteiger partial charge in [-0.05, 0) is 31.2 Å². The maximum atomic E-state index is 12.6. The Morgan fingerprint density at radius 2 is 2.00 bits per heavy atom. The van der Waals surface area contributed by atoms with Crippen LogP contribution in [0.1, 0.15) is 12.7 Å². The summed E-state index contributed by atoms with van der Waals surface area (Å²) in [7, 11) is 1.86. The molecule has 2 aromatic carbocycles. The second-order valence-corrected chi connectivity index (χ2v) is 7.68. The zero-order chi connectivity index (χ0) is 20.2. The van der Waals surface area contributed by atoms with Crippen LogP contribution in [-0.2, 0) is 18.4 Å². The quantitative estimate of drug-likeness (QED) is 0.596. The smallest absolute Gasteiger partial charge is 0.237 e. The van der Waals surface area contributed by atoms with Gasteiger partial charge < -0.3 is 24.1 Å². The van der Waals surface area contributed by atoms with E-state index in [9.17, 15) is 4.79 Å². The van der Waals surface area contributed by atoms with Gasteiger partial charge in [-0.3, -0.25) is 4.79 Å². The van der Waals surface area contributed by atoms with Crippen molar-refractivity contribution < 1.29 is 19.0 Å². The summed E-state index contributed by atoms with van der Waals surface area (Å²) in [4.78, 5) is 12.6. The first-order valence-corrected chi connectivity index (χ1v) is 9.91. The van der Waals surface area contributed by atoms with Crippen LogP contribution in [0.5, 0.6) is 17.2 Å². The molecule has 9 heteroatoms. The van der Waals surface area contributed by atoms with Crippen molar-refractivity contribution >= 4 is 23.4 Å². The summed E-state index contributed by atoms with van der Waals surface area (Å²) in [5, 5.41) is 11.5. The average molecular weight is 412 g/mol. The SMILES string of the molecule is CC(Sc1nnc(COc2ccccc2)n1C)C(=O)Nc1ccc2c(c1)OCO2. The number of fused-ring (bicyclic) bond motifs is 1. The number of anilines is 1. The third kappa shape index (κ3) is 4.45. The second kappa shape index (κ2) is 8.44. The van der Waals surface area contributed by atoms with Gasteiger partial charge in [-0.15, -0.1) is 10.2 Å². The molecule has 1 aromatic heterocycles. The van der Waals surface area contributed by atoms with E-state index in [1.165, 1.54) is 11.8 Å². The molecule has 3 aromatic rings. The summed E-state index contributed by atoms with van der Waals surface area (Å²) < 4.78 is 18.2. The van der Waals surface area contributed by atoms with E-state index >= 15 is 0 Å². The second-order valence-electron chi connectivity index (χ2n) is 6.38. The van der Waals surface area contributed by atoms with Crippen molar-refractivity contribution in [1.29, 1.82) is 0 Å². The number of nitrogens with one attached hydrogen (secondary N) is 1. The Kier molecular flexibility index (Phi) is 5.57. The minimum Gasteiger partial charge on any atom is -0.486 e. The van der Waals surface area contributed by atoms with E-state index < -0.39 is 0 Å². The monoisotopic (exact) mass is 412 g/mol. The molecule has 2 heterocycles. The minimum absolute atomic E-state index is 0.140. The Morgan fingerprint density at radius 1 is 1.21 bits per heavy atom. The van der Waals surface area contributed by atoms with Crippen molar-refractivity contribution in [2.45, 2.75) is 23.9 Å². The molecule has 0 spiro atoms. The number of rotatable bonds is 7. The lowest BCUT2D eigenvalue weighted by Crippen LogP contribution is -2.22. The molecule has 0 saturated heterocycles. The average Bonchev–Trinajstić information content (AvgIpc) is 3.34. The molecule has 29 heavy (non-hydrogen) atoms. The van der Waals surface area contributed by atoms with Gasteiger partial charge in [0, 0.05) is 18.8 Å². The van der Waals surface area contributed by atoms with E-state index in [4.69, 9.17) is 14.2 Å². The van der Waals surface area contributed by atoms with Gasteiger partial charge in [0.2, 0.25) is 12.7 Å². The number of para-hydroxylation sites is 1. The van der Waals surface area contributed by atoms with Crippen molar-refractivity contribution in [2.24, 2.45) is 7.05 Å². The molecule has 0 radical (unpaired) electrons. The fourth-order valence-electron chi connectivity index (χ4n) is 2.67. The lowest BCUT2D eigenvalue weighted by atomic mass is 10.2. The van der Waals surface area contributed by atoms with E-state index in [1.54, 1.807) is 18.2 Å². The highest BCUT2D eigenvalue weighted by atomic mass is 32.2. The molecule has 1 amide bonds. The molecule has 0 saturated carbocycles. The number of hydrogen-bond donors (Lipinski definition) is 1. The molecule has 0 fully saturated rings. The Labute approximate surface area is 172 Å². The van der Waals surface area contributed by atoms with Gasteiger partial charge in [-0.1, -0.05) is 30.0 Å². The van der Waals surface area contributed by atoms with Crippen molar-refractivity contribution in [3.05, 3.63) is 54.4 Å². The summed E-state index contributed by atoms with van der Waals surface area (Å²) >= 11 is 1.33. The Balaban J connectivity index is 1.35. The molecule has 1 atom stereocenters. The normalized spacial score (nSPS) is 13.2. The van der Waals surface area contributed by atoms with Crippen LogP contribution in [-0.4, -0.2) is 32.7 Å². The van der Waals surface area contributed by atoms with Gasteiger partial charge in [0.05, 0.1) is 5.25 Å². The van der Waals surface area contributed by atoms with Crippen LogP contribution >= 0.6 is 11.8 Å². The molecular weight excluding hydrogens is 392 g/mol. The molecular formula is C20H20N4O4S. The zero-order valence-corrected chi connectivity index (χ0v) is 16.8. The molecule has 8 nitrogen and oxygen atoms in total. The van der Waals surface area contributed by atoms with Crippen LogP contribution in [0.2, 0.25) is 0 Å². The molecule has 1 unspecified atom stereocenters. The van der Waals surface area contributed by atoms with Gasteiger partial charge in [0.25, 0.3) is 0 Å². The van der Waals surface area contributed by atoms with Gasteiger partial charge in [-0.2, -0.15) is 0 Å². The van der Waals surface area contributed by atoms with E-state index in [1.807, 2.05) is 48.9 Å². The maximum Gasteiger partial charge on any atom is 0.237 e. The van der Waals surface area contributed by atoms with Gasteiger partial charge >= 0.3 is 0 Å². The first kappa shape index (κ1) is 19.1. The number of thioether (sulfide) groups is 1. The summed E-state index contributed by atoms with van der Waals surface area (Å²) in [5.41, 5.74) is 0.654. The van der Waals surface area contributed by atoms with Crippen molar-refractivity contribution in [3.63, 3.8) is 0 Å². The van der Waals surface area contributed by atoms with E-state index in [0.717, 1.165) is 5.75 Å². The van der Waals surface area contributed by atoms with Crippen LogP contribution in [0, 0.1) is 0 Å². The fourth-order valence-corrected chi connectivity index (χ4v) is 3.50. The van der Waals surface area contributed by atoms with Gasteiger partial charge in [-0.25, -0.2) is 0 Å². The number of amides is 1. The topological polar surface area (TPSA) is 87.5 Å². The van der Waals surface area contributed by atoms with E-state index in [2.05, 4.69) is 15.5 Å². The van der Waals surface area contributed by atoms with Crippen LogP contribution < -0.4 is 19.5 Å². The van der Waals surface area contributed by atoms with Crippen LogP contribution in [0.4, 0.5) is 5.69 Å². The largest absolute Gasteiger partial charge is 0.486 e. The van der Waals surface area contributed by atoms with Crippen molar-refractivity contribution in [2.75, 3.05) is 12.1 Å². The fraction of sp³-hybridized carbons (Fsp3) is 0.250. The van der Waals surface area contributed by atoms with Crippen molar-refractivity contribution in [1.82, 2.24) is 14.8 Å². The van der Waals surface area contributed by atoms with Gasteiger partial charge in [0.15, 0.2) is 22.5 Å². The Hall–Kier alpha value is -3.20. The molecule has 150 valence electrons. The third-order valence-corrected chi connectivity index (χ3v) is 5.46. The van der Waals surface area contributed by atoms with Crippen molar-refractivity contribution in [3.8, 4) is 17.2 Å². The van der Waals surface area contributed by atoms with Crippen LogP contribution in [0.15, 0.2) is 53.7 Å². The van der Waals surface area contributed by atoms with Crippen LogP contribution in [0.25, 0.3) is 0 Å². The third-order valence-electron chi connectivity index (χ3n) is 4.33. The molecule has 0 bridgehead atoms. The number of aromatic nitrogens is 3. The Bertz CT molecular complexity index is 1010. The highest BCUT2D eigenvalue weighted by Gasteiger charge is 2.20. The highest BCUT2D eigenvalue weighted by Crippen LogP contribution is 2.34. The number of nitrogens with zero attached hydrogens (tertiary/aromatic N) is 3. The standard InChI is InChI=1S/C20H20N4O4S/c1-13(19(25)21-14-8-9-16-17(10-14)28-12-27-16)29-20-23-22-18(24(20)2)11-26-15-6-4-3-5-7-15/h3-10,13H,11-12H2,1-2H3,(H,21,25). The summed E-state index contributed by atoms with van der Waals surface area (Å²) in [6.45, 7) is 2.31. The first-order chi connectivity index (χ1) is 14.1. The van der Waals surface area contributed by atoms with E-state index in [0.29, 0.717) is 34.8 Å². The summed E-state index contributed by atoms with van der Waals surface area (Å²) in [5.74, 6) is 2.61. The van der Waals surface area contributed by atoms with Gasteiger partial charge in [0.1, 0.15) is 12.4 Å². The predicted molar refractivity (Wildman–Crippen MR) is 108 cm³/mol. The van der Waals surface area contributed by atoms with E-state index in [-0.39, 0.29) is 18.0 Å². The molecule has 1 N–H and O–H groups in total. The highest BCUT2D eigenvalue weighted by molar-refractivity contribution is 8.00. The molecule has 4 rings (SSSR count). The Morgan fingerprint density at radius 3 is 2.83 bits per heavy atom. The maximum absolute atomic E-state index is 12.6. The predicted octanol–water partition coefficient (Wildman–Crippen LogP) is 3.24. The summed E-state index contributed by atoms with van der Waals surface area (Å²) in [6.07, 6.45) is 0. The summed E-state index contributed by atoms with van der Waals surface area (Å²) in [6, 6.07) is 14.8. The number of carbonyl (C=O) groups is 1. The number of carbonyl (C=O) groups excluding carboxylic acids is 1. The first-order valence-electron chi connectivity index (χ1n) is 9.03. The number of benzene rings is 2. The molecule has 1 aliphatic heterocycles. The number of hydrogen-bond acceptors (Lipinski definition) is 7. The molecule has 0 aliphatic carbocycles. The minimum atomic E-state index is -0.369. The lowest BCUT2D eigenvalue weighted by Gasteiger charge is -2.12. The number of ether oxygens (including phenoxy) is 3. The van der Waals surface area contributed by atoms with Crippen LogP contribution in [0.3, 0.4) is 0 Å². The molecule has 1 aliphatic rings. The zero-order valence-electron chi connectivity index (χ0n) is 16.0.